The van der Waals surface area contributed by atoms with E-state index in [2.05, 4.69) is 31.5 Å². The van der Waals surface area contributed by atoms with Crippen molar-refractivity contribution in [2.75, 3.05) is 28.8 Å². The summed E-state index contributed by atoms with van der Waals surface area (Å²) in [4.78, 5) is 42.8. The number of anilines is 2. The van der Waals surface area contributed by atoms with Crippen LogP contribution >= 0.6 is 27.7 Å². The fourth-order valence-electron chi connectivity index (χ4n) is 7.20. The number of hydrogen-bond donors (Lipinski definition) is 2. The van der Waals surface area contributed by atoms with Crippen LogP contribution in [0.4, 0.5) is 17.1 Å². The van der Waals surface area contributed by atoms with E-state index in [1.165, 1.54) is 6.07 Å². The van der Waals surface area contributed by atoms with E-state index >= 15 is 0 Å². The highest BCUT2D eigenvalue weighted by molar-refractivity contribution is 9.10. The number of nitrogens with one attached hydrogen (secondary N) is 2. The largest absolute Gasteiger partial charge is 0.378 e. The quantitative estimate of drug-likeness (QED) is 0.327. The summed E-state index contributed by atoms with van der Waals surface area (Å²) < 4.78 is 0.925. The van der Waals surface area contributed by atoms with Crippen LogP contribution in [0.1, 0.15) is 27.4 Å². The minimum Gasteiger partial charge on any atom is -0.378 e. The van der Waals surface area contributed by atoms with Gasteiger partial charge in [0.1, 0.15) is 11.2 Å². The topological polar surface area (TPSA) is 105 Å². The second-order valence-corrected chi connectivity index (χ2v) is 11.8. The maximum atomic E-state index is 14.9. The van der Waals surface area contributed by atoms with Crippen LogP contribution in [0, 0.1) is 15.5 Å². The SMILES string of the molecule is O=C1c2cccc([N+](=O)[O-])c2NC[C@@]12[C@H](c1ccc(Br)cc1)[C@H]1CSCN1[C@]21C(=O)Nc2ccccc21. The van der Waals surface area contributed by atoms with Crippen LogP contribution in [0.15, 0.2) is 71.2 Å². The number of thioether (sulfide) groups is 1. The number of benzene rings is 3. The molecular formula is C27H21BrN4O4S. The molecule has 2 spiro atoms. The Hall–Kier alpha value is -3.21. The second kappa shape index (κ2) is 7.89. The zero-order chi connectivity index (χ0) is 25.5. The molecule has 4 heterocycles. The molecule has 4 aliphatic rings. The molecule has 4 aliphatic heterocycles. The van der Waals surface area contributed by atoms with Gasteiger partial charge in [-0.3, -0.25) is 24.6 Å². The van der Waals surface area contributed by atoms with Gasteiger partial charge in [0.05, 0.1) is 10.3 Å². The van der Waals surface area contributed by atoms with Crippen LogP contribution in [0.2, 0.25) is 0 Å². The van der Waals surface area contributed by atoms with Crippen molar-refractivity contribution in [2.45, 2.75) is 17.5 Å². The molecule has 186 valence electrons. The minimum absolute atomic E-state index is 0.0749. The summed E-state index contributed by atoms with van der Waals surface area (Å²) in [5, 5.41) is 18.2. The molecule has 0 aromatic heterocycles. The molecule has 0 saturated carbocycles. The van der Waals surface area contributed by atoms with Crippen molar-refractivity contribution >= 4 is 56.4 Å². The molecular weight excluding hydrogens is 556 g/mol. The van der Waals surface area contributed by atoms with E-state index < -0.39 is 15.9 Å². The highest BCUT2D eigenvalue weighted by Gasteiger charge is 2.78. The first-order chi connectivity index (χ1) is 17.9. The van der Waals surface area contributed by atoms with Crippen molar-refractivity contribution in [1.29, 1.82) is 0 Å². The Labute approximate surface area is 225 Å². The minimum atomic E-state index is -1.26. The Morgan fingerprint density at radius 3 is 2.62 bits per heavy atom. The van der Waals surface area contributed by atoms with E-state index in [1.807, 2.05) is 48.5 Å². The summed E-state index contributed by atoms with van der Waals surface area (Å²) in [6.45, 7) is 0.101. The molecule has 0 unspecified atom stereocenters. The van der Waals surface area contributed by atoms with Gasteiger partial charge in [-0.15, -0.1) is 11.8 Å². The summed E-state index contributed by atoms with van der Waals surface area (Å²) in [5.74, 6) is 0.610. The molecule has 2 N–H and O–H groups in total. The predicted octanol–water partition coefficient (Wildman–Crippen LogP) is 4.97. The number of carbonyl (C=O) groups is 2. The Morgan fingerprint density at radius 1 is 1.05 bits per heavy atom. The summed E-state index contributed by atoms with van der Waals surface area (Å²) in [6, 6.07) is 20.1. The van der Waals surface area contributed by atoms with E-state index in [9.17, 15) is 19.7 Å². The van der Waals surface area contributed by atoms with Crippen LogP contribution in [0.3, 0.4) is 0 Å². The van der Waals surface area contributed by atoms with Gasteiger partial charge in [-0.2, -0.15) is 0 Å². The smallest absolute Gasteiger partial charge is 0.293 e. The summed E-state index contributed by atoms with van der Waals surface area (Å²) in [6.07, 6.45) is 0. The fraction of sp³-hybridized carbons (Fsp3) is 0.259. The number of Topliss-reactive ketones (excluding diaryl/α,β-unsaturated/α-hetero) is 1. The number of nitro benzene ring substituents is 1. The van der Waals surface area contributed by atoms with E-state index in [0.29, 0.717) is 11.6 Å². The lowest BCUT2D eigenvalue weighted by Gasteiger charge is -2.48. The van der Waals surface area contributed by atoms with E-state index in [-0.39, 0.29) is 47.1 Å². The number of amides is 1. The van der Waals surface area contributed by atoms with E-state index in [0.717, 1.165) is 21.4 Å². The lowest BCUT2D eigenvalue weighted by molar-refractivity contribution is -0.384. The zero-order valence-electron chi connectivity index (χ0n) is 19.4. The molecule has 37 heavy (non-hydrogen) atoms. The molecule has 10 heteroatoms. The molecule has 0 radical (unpaired) electrons. The van der Waals surface area contributed by atoms with Gasteiger partial charge >= 0.3 is 0 Å². The van der Waals surface area contributed by atoms with Crippen molar-refractivity contribution < 1.29 is 14.5 Å². The molecule has 3 aromatic carbocycles. The van der Waals surface area contributed by atoms with Crippen molar-refractivity contribution in [3.63, 3.8) is 0 Å². The Bertz CT molecular complexity index is 1510. The van der Waals surface area contributed by atoms with Gasteiger partial charge in [0.25, 0.3) is 11.6 Å². The van der Waals surface area contributed by atoms with Crippen molar-refractivity contribution in [2.24, 2.45) is 5.41 Å². The summed E-state index contributed by atoms with van der Waals surface area (Å²) >= 11 is 5.28. The molecule has 4 atom stereocenters. The van der Waals surface area contributed by atoms with Crippen LogP contribution in [-0.4, -0.2) is 45.7 Å². The van der Waals surface area contributed by atoms with Crippen LogP contribution in [-0.2, 0) is 10.3 Å². The summed E-state index contributed by atoms with van der Waals surface area (Å²) in [7, 11) is 0. The monoisotopic (exact) mass is 576 g/mol. The van der Waals surface area contributed by atoms with Gasteiger partial charge in [-0.25, -0.2) is 0 Å². The highest BCUT2D eigenvalue weighted by Crippen LogP contribution is 2.68. The molecule has 1 amide bonds. The van der Waals surface area contributed by atoms with Crippen LogP contribution in [0.25, 0.3) is 0 Å². The average Bonchev–Trinajstić information content (AvgIpc) is 3.54. The van der Waals surface area contributed by atoms with Crippen LogP contribution in [0.5, 0.6) is 0 Å². The van der Waals surface area contributed by atoms with Crippen LogP contribution < -0.4 is 10.6 Å². The number of rotatable bonds is 2. The molecule has 7 rings (SSSR count). The van der Waals surface area contributed by atoms with Crippen molar-refractivity contribution in [1.82, 2.24) is 4.90 Å². The lowest BCUT2D eigenvalue weighted by Crippen LogP contribution is -2.63. The third kappa shape index (κ3) is 2.73. The maximum Gasteiger partial charge on any atom is 0.293 e. The third-order valence-corrected chi connectivity index (χ3v) is 10.0. The third-order valence-electron chi connectivity index (χ3n) is 8.47. The van der Waals surface area contributed by atoms with Gasteiger partial charge in [-0.1, -0.05) is 52.3 Å². The Morgan fingerprint density at radius 2 is 1.84 bits per heavy atom. The number of carbonyl (C=O) groups excluding carboxylic acids is 2. The lowest BCUT2D eigenvalue weighted by atomic mass is 9.56. The number of fused-ring (bicyclic) bond motifs is 6. The summed E-state index contributed by atoms with van der Waals surface area (Å²) in [5.41, 5.74) is 0.313. The molecule has 3 aromatic rings. The standard InChI is InChI=1S/C27H21BrN4O4S/c28-16-10-8-15(9-11-16)22-21-12-37-14-31(21)27(18-5-1-2-6-19(18)30-25(27)34)26(22)13-29-23-17(24(26)33)4-3-7-20(23)32(35)36/h1-11,21-22,29H,12-14H2,(H,30,34)/t21-,22-,26-,27-/m1/s1. The zero-order valence-corrected chi connectivity index (χ0v) is 21.8. The van der Waals surface area contributed by atoms with Gasteiger partial charge in [0.2, 0.25) is 0 Å². The Balaban J connectivity index is 1.56. The van der Waals surface area contributed by atoms with Gasteiger partial charge in [-0.05, 0) is 29.8 Å². The van der Waals surface area contributed by atoms with E-state index in [4.69, 9.17) is 0 Å². The first kappa shape index (κ1) is 22.9. The number of nitrogens with zero attached hydrogens (tertiary/aromatic N) is 2. The van der Waals surface area contributed by atoms with Gasteiger partial charge < -0.3 is 10.6 Å². The van der Waals surface area contributed by atoms with Crippen molar-refractivity contribution in [3.8, 4) is 0 Å². The molecule has 8 nitrogen and oxygen atoms in total. The number of hydrogen-bond acceptors (Lipinski definition) is 7. The number of nitro groups is 1. The number of ketones is 1. The highest BCUT2D eigenvalue weighted by atomic mass is 79.9. The van der Waals surface area contributed by atoms with E-state index in [1.54, 1.807) is 23.9 Å². The molecule has 0 aliphatic carbocycles. The predicted molar refractivity (Wildman–Crippen MR) is 145 cm³/mol. The maximum absolute atomic E-state index is 14.9. The average molecular weight is 577 g/mol. The number of para-hydroxylation sites is 2. The van der Waals surface area contributed by atoms with Gasteiger partial charge in [0.15, 0.2) is 5.78 Å². The fourth-order valence-corrected chi connectivity index (χ4v) is 8.76. The normalized spacial score (nSPS) is 29.6. The van der Waals surface area contributed by atoms with Crippen molar-refractivity contribution in [3.05, 3.63) is 98.0 Å². The molecule has 2 saturated heterocycles. The van der Waals surface area contributed by atoms with Gasteiger partial charge in [0, 0.05) is 57.5 Å². The first-order valence-electron chi connectivity index (χ1n) is 12.0. The molecule has 0 bridgehead atoms. The molecule has 2 fully saturated rings. The second-order valence-electron chi connectivity index (χ2n) is 9.89. The first-order valence-corrected chi connectivity index (χ1v) is 13.9. The number of halogens is 1. The Kier molecular flexibility index (Phi) is 4.90.